The average Bonchev–Trinajstić information content (AvgIpc) is 2.13. The monoisotopic (exact) mass is 150 g/mol. The molecule has 0 saturated carbocycles. The van der Waals surface area contributed by atoms with Gasteiger partial charge in [-0.15, -0.1) is 0 Å². The van der Waals surface area contributed by atoms with E-state index in [-0.39, 0.29) is 13.2 Å². The van der Waals surface area contributed by atoms with Crippen molar-refractivity contribution in [2.45, 2.75) is 0 Å². The Hall–Kier alpha value is -0.620. The molecule has 0 aromatic carbocycles. The molecule has 1 heterocycles. The van der Waals surface area contributed by atoms with Crippen LogP contribution in [0.3, 0.4) is 0 Å². The third kappa shape index (κ3) is 1.19. The number of carboxylic acid groups (broad SMARTS) is 1. The second-order valence-electron chi connectivity index (χ2n) is 1.41. The molecule has 1 rings (SSSR count). The zero-order valence-electron chi connectivity index (χ0n) is 4.40. The zero-order chi connectivity index (χ0) is 6.85. The van der Waals surface area contributed by atoms with Crippen LogP contribution in [0.4, 0.5) is 4.79 Å². The molecule has 0 radical (unpaired) electrons. The summed E-state index contributed by atoms with van der Waals surface area (Å²) < 4.78 is 15.4. The van der Waals surface area contributed by atoms with Crippen molar-refractivity contribution < 1.29 is 18.3 Å². The molecule has 1 amide bonds. The van der Waals surface area contributed by atoms with E-state index in [1.807, 2.05) is 0 Å². The molecular weight excluding hydrogens is 146 g/mol. The molecule has 6 heteroatoms. The maximum atomic E-state index is 10.4. The summed E-state index contributed by atoms with van der Waals surface area (Å²) in [7, 11) is 0. The van der Waals surface area contributed by atoms with Gasteiger partial charge < -0.3 is 9.90 Å². The standard InChI is InChI=1S/C3H5NO4S/c5-3(6)4-1-2-8-9(4)7/h1-2H2,(H,5,6)/p-1. The first-order valence-electron chi connectivity index (χ1n) is 2.25. The summed E-state index contributed by atoms with van der Waals surface area (Å²) in [6.07, 6.45) is -1.45. The van der Waals surface area contributed by atoms with Crippen molar-refractivity contribution in [2.75, 3.05) is 13.2 Å². The quantitative estimate of drug-likeness (QED) is 0.410. The molecular formula is C3H4NO4S-. The minimum atomic E-state index is -1.82. The van der Waals surface area contributed by atoms with Crippen molar-refractivity contribution in [2.24, 2.45) is 0 Å². The fraction of sp³-hybridized carbons (Fsp3) is 0.667. The first kappa shape index (κ1) is 6.50. The van der Waals surface area contributed by atoms with Gasteiger partial charge >= 0.3 is 0 Å². The molecule has 9 heavy (non-hydrogen) atoms. The number of nitrogens with zero attached hydrogens (tertiary/aromatic N) is 1. The molecule has 1 atom stereocenters. The fourth-order valence-electron chi connectivity index (χ4n) is 0.482. The van der Waals surface area contributed by atoms with E-state index in [9.17, 15) is 14.1 Å². The van der Waals surface area contributed by atoms with Crippen molar-refractivity contribution in [3.8, 4) is 0 Å². The van der Waals surface area contributed by atoms with Gasteiger partial charge in [0, 0.05) is 0 Å². The van der Waals surface area contributed by atoms with Gasteiger partial charge in [-0.2, -0.15) is 0 Å². The Bertz CT molecular complexity index is 158. The van der Waals surface area contributed by atoms with Gasteiger partial charge in [-0.05, 0) is 0 Å². The van der Waals surface area contributed by atoms with E-state index in [4.69, 9.17) is 0 Å². The van der Waals surface area contributed by atoms with E-state index in [1.54, 1.807) is 0 Å². The molecule has 52 valence electrons. The molecule has 0 aliphatic carbocycles. The predicted molar refractivity (Wildman–Crippen MR) is 26.2 cm³/mol. The van der Waals surface area contributed by atoms with Crippen LogP contribution in [0.15, 0.2) is 0 Å². The molecule has 1 fully saturated rings. The van der Waals surface area contributed by atoms with Crippen LogP contribution < -0.4 is 5.11 Å². The van der Waals surface area contributed by atoms with Gasteiger partial charge in [0.05, 0.1) is 13.2 Å². The summed E-state index contributed by atoms with van der Waals surface area (Å²) in [4.78, 5) is 9.95. The molecule has 0 spiro atoms. The van der Waals surface area contributed by atoms with Gasteiger partial charge in [-0.1, -0.05) is 0 Å². The van der Waals surface area contributed by atoms with Crippen LogP contribution in [0.5, 0.6) is 0 Å². The summed E-state index contributed by atoms with van der Waals surface area (Å²) in [5.41, 5.74) is 0. The van der Waals surface area contributed by atoms with Crippen molar-refractivity contribution in [3.05, 3.63) is 0 Å². The Morgan fingerprint density at radius 1 is 1.78 bits per heavy atom. The number of carbonyl (C=O) groups excluding carboxylic acids is 1. The van der Waals surface area contributed by atoms with Crippen molar-refractivity contribution >= 4 is 17.4 Å². The first-order chi connectivity index (χ1) is 4.22. The molecule has 1 unspecified atom stereocenters. The predicted octanol–water partition coefficient (Wildman–Crippen LogP) is -1.76. The molecule has 0 bridgehead atoms. The number of hydrogen-bond donors (Lipinski definition) is 0. The van der Waals surface area contributed by atoms with Gasteiger partial charge in [-0.25, -0.2) is 4.21 Å². The van der Waals surface area contributed by atoms with Crippen LogP contribution in [0, 0.1) is 0 Å². The Morgan fingerprint density at radius 2 is 2.44 bits per heavy atom. The second-order valence-corrected chi connectivity index (χ2v) is 2.52. The lowest BCUT2D eigenvalue weighted by Gasteiger charge is -2.11. The van der Waals surface area contributed by atoms with E-state index < -0.39 is 17.4 Å². The lowest BCUT2D eigenvalue weighted by molar-refractivity contribution is -0.258. The Balaban J connectivity index is 2.60. The van der Waals surface area contributed by atoms with Gasteiger partial charge in [0.1, 0.15) is 0 Å². The van der Waals surface area contributed by atoms with Crippen LogP contribution in [0.25, 0.3) is 0 Å². The van der Waals surface area contributed by atoms with Crippen molar-refractivity contribution in [1.82, 2.24) is 4.31 Å². The van der Waals surface area contributed by atoms with Gasteiger partial charge in [0.2, 0.25) is 0 Å². The highest BCUT2D eigenvalue weighted by Gasteiger charge is 2.20. The van der Waals surface area contributed by atoms with Crippen LogP contribution in [-0.4, -0.2) is 27.8 Å². The largest absolute Gasteiger partial charge is 0.529 e. The Kier molecular flexibility index (Phi) is 1.68. The molecule has 5 nitrogen and oxygen atoms in total. The first-order valence-corrected chi connectivity index (χ1v) is 3.28. The van der Waals surface area contributed by atoms with Crippen LogP contribution >= 0.6 is 0 Å². The lowest BCUT2D eigenvalue weighted by atomic mass is 10.7. The zero-order valence-corrected chi connectivity index (χ0v) is 5.22. The Morgan fingerprint density at radius 3 is 2.67 bits per heavy atom. The van der Waals surface area contributed by atoms with Gasteiger partial charge in [-0.3, -0.25) is 8.49 Å². The number of hydrogen-bond acceptors (Lipinski definition) is 4. The third-order valence-corrected chi connectivity index (χ3v) is 1.92. The number of amides is 1. The summed E-state index contributed by atoms with van der Waals surface area (Å²) in [6, 6.07) is 0. The smallest absolute Gasteiger partial charge is 0.265 e. The minimum absolute atomic E-state index is 0.134. The average molecular weight is 150 g/mol. The lowest BCUT2D eigenvalue weighted by Crippen LogP contribution is -2.39. The van der Waals surface area contributed by atoms with Crippen LogP contribution in [0.1, 0.15) is 0 Å². The van der Waals surface area contributed by atoms with E-state index in [0.29, 0.717) is 4.31 Å². The van der Waals surface area contributed by atoms with Gasteiger partial charge in [0.25, 0.3) is 11.3 Å². The molecule has 1 saturated heterocycles. The fourth-order valence-corrected chi connectivity index (χ4v) is 1.17. The number of carbonyl (C=O) groups is 1. The summed E-state index contributed by atoms with van der Waals surface area (Å²) in [6.45, 7) is 0.315. The topological polar surface area (TPSA) is 69.7 Å². The molecule has 0 aromatic rings. The Labute approximate surface area is 54.0 Å². The minimum Gasteiger partial charge on any atom is -0.529 e. The van der Waals surface area contributed by atoms with E-state index in [0.717, 1.165) is 0 Å². The maximum absolute atomic E-state index is 10.4. The SMILES string of the molecule is O=C([O-])N1CCOS1=O. The molecule has 1 aliphatic heterocycles. The van der Waals surface area contributed by atoms with Crippen LogP contribution in [-0.2, 0) is 15.4 Å². The van der Waals surface area contributed by atoms with E-state index >= 15 is 0 Å². The van der Waals surface area contributed by atoms with Crippen LogP contribution in [0.2, 0.25) is 0 Å². The van der Waals surface area contributed by atoms with Crippen molar-refractivity contribution in [1.29, 1.82) is 0 Å². The summed E-state index contributed by atoms with van der Waals surface area (Å²) in [5, 5.41) is 9.95. The molecule has 0 aromatic heterocycles. The van der Waals surface area contributed by atoms with Gasteiger partial charge in [0.15, 0.2) is 6.09 Å². The summed E-state index contributed by atoms with van der Waals surface area (Å²) in [5.74, 6) is 0. The highest BCUT2D eigenvalue weighted by molar-refractivity contribution is 7.78. The summed E-state index contributed by atoms with van der Waals surface area (Å²) >= 11 is -1.82. The third-order valence-electron chi connectivity index (χ3n) is 0.862. The molecule has 1 aliphatic rings. The second kappa shape index (κ2) is 2.32. The maximum Gasteiger partial charge on any atom is 0.265 e. The number of rotatable bonds is 0. The normalized spacial score (nSPS) is 26.7. The van der Waals surface area contributed by atoms with E-state index in [1.165, 1.54) is 0 Å². The van der Waals surface area contributed by atoms with Crippen molar-refractivity contribution in [3.63, 3.8) is 0 Å². The highest BCUT2D eigenvalue weighted by atomic mass is 32.2. The molecule has 0 N–H and O–H groups in total. The highest BCUT2D eigenvalue weighted by Crippen LogP contribution is 2.03. The van der Waals surface area contributed by atoms with E-state index in [2.05, 4.69) is 4.18 Å².